The number of para-hydroxylation sites is 1. The fourth-order valence-corrected chi connectivity index (χ4v) is 2.30. The van der Waals surface area contributed by atoms with Crippen molar-refractivity contribution in [2.75, 3.05) is 12.4 Å². The molecule has 0 unspecified atom stereocenters. The lowest BCUT2D eigenvalue weighted by Crippen LogP contribution is -2.02. The van der Waals surface area contributed by atoms with Crippen molar-refractivity contribution in [3.8, 4) is 5.75 Å². The maximum Gasteiger partial charge on any atom is 0.145 e. The molecule has 0 aliphatic carbocycles. The summed E-state index contributed by atoms with van der Waals surface area (Å²) >= 11 is 5.86. The fraction of sp³-hybridized carbons (Fsp3) is 0.125. The van der Waals surface area contributed by atoms with Gasteiger partial charge in [0, 0.05) is 17.3 Å². The van der Waals surface area contributed by atoms with Gasteiger partial charge < -0.3 is 10.1 Å². The third-order valence-electron chi connectivity index (χ3n) is 3.16. The predicted octanol–water partition coefficient (Wildman–Crippen LogP) is 3.90. The molecule has 0 fully saturated rings. The normalized spacial score (nSPS) is 10.6. The second kappa shape index (κ2) is 5.97. The number of methoxy groups -OCH3 is 1. The molecular formula is C16H14ClN3O. The molecule has 0 radical (unpaired) electrons. The first kappa shape index (κ1) is 13.6. The molecule has 4 nitrogen and oxygen atoms in total. The third kappa shape index (κ3) is 3.06. The Kier molecular flexibility index (Phi) is 3.88. The number of fused-ring (bicyclic) bond motifs is 1. The van der Waals surface area contributed by atoms with Gasteiger partial charge in [0.2, 0.25) is 0 Å². The number of halogens is 1. The van der Waals surface area contributed by atoms with Gasteiger partial charge in [-0.25, -0.2) is 9.97 Å². The number of pyridine rings is 2. The Labute approximate surface area is 127 Å². The van der Waals surface area contributed by atoms with Gasteiger partial charge in [-0.05, 0) is 24.3 Å². The SMILES string of the molecule is COc1cccc2ccc(CNc3ccnc(Cl)c3)nc12. The van der Waals surface area contributed by atoms with Crippen molar-refractivity contribution in [1.82, 2.24) is 9.97 Å². The summed E-state index contributed by atoms with van der Waals surface area (Å²) in [6, 6.07) is 13.6. The lowest BCUT2D eigenvalue weighted by Gasteiger charge is -2.09. The van der Waals surface area contributed by atoms with E-state index in [9.17, 15) is 0 Å². The molecule has 0 atom stereocenters. The molecular weight excluding hydrogens is 286 g/mol. The summed E-state index contributed by atoms with van der Waals surface area (Å²) < 4.78 is 5.35. The topological polar surface area (TPSA) is 47.0 Å². The predicted molar refractivity (Wildman–Crippen MR) is 84.9 cm³/mol. The average molecular weight is 300 g/mol. The van der Waals surface area contributed by atoms with Crippen LogP contribution in [0.5, 0.6) is 5.75 Å². The van der Waals surface area contributed by atoms with Crippen LogP contribution >= 0.6 is 11.6 Å². The van der Waals surface area contributed by atoms with Crippen LogP contribution < -0.4 is 10.1 Å². The molecule has 0 amide bonds. The van der Waals surface area contributed by atoms with Crippen molar-refractivity contribution in [3.05, 3.63) is 59.5 Å². The lowest BCUT2D eigenvalue weighted by molar-refractivity contribution is 0.419. The maximum absolute atomic E-state index is 5.86. The average Bonchev–Trinajstić information content (AvgIpc) is 2.52. The summed E-state index contributed by atoms with van der Waals surface area (Å²) in [5.41, 5.74) is 2.71. The number of anilines is 1. The molecule has 0 saturated carbocycles. The molecule has 21 heavy (non-hydrogen) atoms. The summed E-state index contributed by atoms with van der Waals surface area (Å²) in [5, 5.41) is 4.80. The quantitative estimate of drug-likeness (QED) is 0.742. The second-order valence-electron chi connectivity index (χ2n) is 4.56. The number of aromatic nitrogens is 2. The van der Waals surface area contributed by atoms with Crippen LogP contribution in [-0.4, -0.2) is 17.1 Å². The maximum atomic E-state index is 5.86. The Balaban J connectivity index is 1.84. The van der Waals surface area contributed by atoms with E-state index in [2.05, 4.69) is 15.3 Å². The van der Waals surface area contributed by atoms with Gasteiger partial charge in [-0.15, -0.1) is 0 Å². The Morgan fingerprint density at radius 3 is 2.90 bits per heavy atom. The second-order valence-corrected chi connectivity index (χ2v) is 4.94. The zero-order valence-corrected chi connectivity index (χ0v) is 12.3. The molecule has 3 aromatic rings. The molecule has 0 aliphatic heterocycles. The molecule has 0 aliphatic rings. The molecule has 2 heterocycles. The van der Waals surface area contributed by atoms with E-state index in [-0.39, 0.29) is 0 Å². The number of ether oxygens (including phenoxy) is 1. The summed E-state index contributed by atoms with van der Waals surface area (Å²) in [5.74, 6) is 0.779. The van der Waals surface area contributed by atoms with Crippen molar-refractivity contribution >= 4 is 28.2 Å². The first-order valence-electron chi connectivity index (χ1n) is 6.54. The van der Waals surface area contributed by atoms with E-state index < -0.39 is 0 Å². The highest BCUT2D eigenvalue weighted by molar-refractivity contribution is 6.29. The van der Waals surface area contributed by atoms with E-state index in [1.807, 2.05) is 36.4 Å². The van der Waals surface area contributed by atoms with Crippen molar-refractivity contribution in [2.24, 2.45) is 0 Å². The van der Waals surface area contributed by atoms with Crippen molar-refractivity contribution in [2.45, 2.75) is 6.54 Å². The van der Waals surface area contributed by atoms with Crippen LogP contribution in [0.4, 0.5) is 5.69 Å². The Hall–Kier alpha value is -2.33. The van der Waals surface area contributed by atoms with E-state index in [4.69, 9.17) is 16.3 Å². The number of hydrogen-bond acceptors (Lipinski definition) is 4. The van der Waals surface area contributed by atoms with E-state index in [0.29, 0.717) is 11.7 Å². The monoisotopic (exact) mass is 299 g/mol. The molecule has 1 N–H and O–H groups in total. The zero-order chi connectivity index (χ0) is 14.7. The molecule has 5 heteroatoms. The highest BCUT2D eigenvalue weighted by Gasteiger charge is 2.04. The van der Waals surface area contributed by atoms with E-state index in [0.717, 1.165) is 28.0 Å². The first-order valence-corrected chi connectivity index (χ1v) is 6.92. The minimum Gasteiger partial charge on any atom is -0.494 e. The van der Waals surface area contributed by atoms with Crippen LogP contribution in [0.25, 0.3) is 10.9 Å². The zero-order valence-electron chi connectivity index (χ0n) is 11.5. The van der Waals surface area contributed by atoms with Crippen molar-refractivity contribution in [3.63, 3.8) is 0 Å². The van der Waals surface area contributed by atoms with Crippen molar-refractivity contribution in [1.29, 1.82) is 0 Å². The minimum absolute atomic E-state index is 0.466. The summed E-state index contributed by atoms with van der Waals surface area (Å²) in [6.07, 6.45) is 1.67. The first-order chi connectivity index (χ1) is 10.3. The Bertz CT molecular complexity index is 776. The molecule has 0 spiro atoms. The van der Waals surface area contributed by atoms with Crippen LogP contribution in [0.1, 0.15) is 5.69 Å². The molecule has 2 aromatic heterocycles. The van der Waals surface area contributed by atoms with Gasteiger partial charge >= 0.3 is 0 Å². The summed E-state index contributed by atoms with van der Waals surface area (Å²) in [4.78, 5) is 8.60. The van der Waals surface area contributed by atoms with Gasteiger partial charge in [0.05, 0.1) is 19.3 Å². The third-order valence-corrected chi connectivity index (χ3v) is 3.37. The Morgan fingerprint density at radius 1 is 1.19 bits per heavy atom. The van der Waals surface area contributed by atoms with Crippen LogP contribution in [0.3, 0.4) is 0 Å². The largest absolute Gasteiger partial charge is 0.494 e. The van der Waals surface area contributed by atoms with Crippen LogP contribution in [-0.2, 0) is 6.54 Å². The van der Waals surface area contributed by atoms with E-state index in [1.165, 1.54) is 0 Å². The van der Waals surface area contributed by atoms with Gasteiger partial charge in [0.25, 0.3) is 0 Å². The summed E-state index contributed by atoms with van der Waals surface area (Å²) in [7, 11) is 1.65. The standard InChI is InChI=1S/C16H14ClN3O/c1-21-14-4-2-3-11-5-6-13(20-16(11)14)10-19-12-7-8-18-15(17)9-12/h2-9H,10H2,1H3,(H,18,19). The highest BCUT2D eigenvalue weighted by atomic mass is 35.5. The Morgan fingerprint density at radius 2 is 2.10 bits per heavy atom. The van der Waals surface area contributed by atoms with Crippen LogP contribution in [0.2, 0.25) is 5.15 Å². The van der Waals surface area contributed by atoms with Gasteiger partial charge in [-0.2, -0.15) is 0 Å². The molecule has 0 saturated heterocycles. The van der Waals surface area contributed by atoms with Crippen LogP contribution in [0.15, 0.2) is 48.7 Å². The van der Waals surface area contributed by atoms with Gasteiger partial charge in [-0.3, -0.25) is 0 Å². The fourth-order valence-electron chi connectivity index (χ4n) is 2.13. The highest BCUT2D eigenvalue weighted by Crippen LogP contribution is 2.23. The number of rotatable bonds is 4. The number of benzene rings is 1. The smallest absolute Gasteiger partial charge is 0.145 e. The minimum atomic E-state index is 0.466. The van der Waals surface area contributed by atoms with E-state index >= 15 is 0 Å². The van der Waals surface area contributed by atoms with E-state index in [1.54, 1.807) is 19.4 Å². The lowest BCUT2D eigenvalue weighted by atomic mass is 10.2. The molecule has 0 bridgehead atoms. The molecule has 106 valence electrons. The van der Waals surface area contributed by atoms with Gasteiger partial charge in [-0.1, -0.05) is 29.8 Å². The van der Waals surface area contributed by atoms with Gasteiger partial charge in [0.15, 0.2) is 0 Å². The molecule has 1 aromatic carbocycles. The number of nitrogens with zero attached hydrogens (tertiary/aromatic N) is 2. The van der Waals surface area contributed by atoms with Crippen LogP contribution in [0, 0.1) is 0 Å². The van der Waals surface area contributed by atoms with Gasteiger partial charge in [0.1, 0.15) is 16.4 Å². The molecule has 3 rings (SSSR count). The number of nitrogens with one attached hydrogen (secondary N) is 1. The number of hydrogen-bond donors (Lipinski definition) is 1. The van der Waals surface area contributed by atoms with Crippen molar-refractivity contribution < 1.29 is 4.74 Å². The summed E-state index contributed by atoms with van der Waals surface area (Å²) in [6.45, 7) is 0.605.